The van der Waals surface area contributed by atoms with Gasteiger partial charge in [-0.3, -0.25) is 9.79 Å². The molecule has 2 aromatic carbocycles. The molecule has 1 saturated heterocycles. The van der Waals surface area contributed by atoms with Gasteiger partial charge in [0.1, 0.15) is 6.54 Å². The van der Waals surface area contributed by atoms with Crippen LogP contribution in [0.4, 0.5) is 11.4 Å². The smallest absolute Gasteiger partial charge is 0.244 e. The number of thioether (sulfide) groups is 1. The van der Waals surface area contributed by atoms with Crippen molar-refractivity contribution in [3.63, 3.8) is 0 Å². The maximum absolute atomic E-state index is 12.8. The Labute approximate surface area is 192 Å². The van der Waals surface area contributed by atoms with E-state index in [1.165, 1.54) is 17.3 Å². The zero-order valence-corrected chi connectivity index (χ0v) is 19.7. The SMILES string of the molecule is CC(C)c1ccc(N(CC(=O)Nc2cccc(Cl)c2)C2=N[C@@H]3CS(=O)(=O)C[C@@H]3S2)cc1. The van der Waals surface area contributed by atoms with E-state index in [1.807, 2.05) is 29.2 Å². The highest BCUT2D eigenvalue weighted by molar-refractivity contribution is 8.15. The van der Waals surface area contributed by atoms with Crippen molar-refractivity contribution < 1.29 is 13.2 Å². The van der Waals surface area contributed by atoms with Crippen LogP contribution in [0.3, 0.4) is 0 Å². The number of hydrogen-bond acceptors (Lipinski definition) is 6. The second kappa shape index (κ2) is 8.84. The van der Waals surface area contributed by atoms with Crippen LogP contribution in [0.5, 0.6) is 0 Å². The average molecular weight is 478 g/mol. The van der Waals surface area contributed by atoms with Gasteiger partial charge in [0.25, 0.3) is 0 Å². The minimum absolute atomic E-state index is 0.0611. The summed E-state index contributed by atoms with van der Waals surface area (Å²) in [4.78, 5) is 19.4. The van der Waals surface area contributed by atoms with Gasteiger partial charge in [-0.25, -0.2) is 8.42 Å². The summed E-state index contributed by atoms with van der Waals surface area (Å²) in [7, 11) is -3.04. The van der Waals surface area contributed by atoms with E-state index in [-0.39, 0.29) is 35.2 Å². The summed E-state index contributed by atoms with van der Waals surface area (Å²) in [6, 6.07) is 14.8. The molecule has 2 aromatic rings. The maximum atomic E-state index is 12.8. The van der Waals surface area contributed by atoms with Crippen molar-refractivity contribution in [2.75, 3.05) is 28.3 Å². The first-order valence-corrected chi connectivity index (χ1v) is 13.2. The second-order valence-corrected chi connectivity index (χ2v) is 11.9. The van der Waals surface area contributed by atoms with Gasteiger partial charge in [-0.05, 0) is 41.8 Å². The minimum atomic E-state index is -3.04. The van der Waals surface area contributed by atoms with Crippen molar-refractivity contribution in [2.45, 2.75) is 31.1 Å². The molecule has 0 radical (unpaired) electrons. The molecule has 2 aliphatic rings. The van der Waals surface area contributed by atoms with Crippen molar-refractivity contribution >= 4 is 55.6 Å². The minimum Gasteiger partial charge on any atom is -0.324 e. The van der Waals surface area contributed by atoms with Crippen molar-refractivity contribution in [1.82, 2.24) is 0 Å². The monoisotopic (exact) mass is 477 g/mol. The van der Waals surface area contributed by atoms with Gasteiger partial charge >= 0.3 is 0 Å². The summed E-state index contributed by atoms with van der Waals surface area (Å²) in [6.07, 6.45) is 0. The molecule has 164 valence electrons. The van der Waals surface area contributed by atoms with E-state index in [0.717, 1.165) is 5.69 Å². The summed E-state index contributed by atoms with van der Waals surface area (Å²) in [5, 5.41) is 4.01. The van der Waals surface area contributed by atoms with E-state index in [9.17, 15) is 13.2 Å². The van der Waals surface area contributed by atoms with Crippen LogP contribution in [0.15, 0.2) is 53.5 Å². The van der Waals surface area contributed by atoms with Gasteiger partial charge < -0.3 is 10.2 Å². The molecular formula is C22H24ClN3O3S2. The Hall–Kier alpha value is -2.03. The van der Waals surface area contributed by atoms with Gasteiger partial charge in [0.15, 0.2) is 15.0 Å². The molecule has 0 bridgehead atoms. The molecule has 6 nitrogen and oxygen atoms in total. The van der Waals surface area contributed by atoms with Gasteiger partial charge in [-0.2, -0.15) is 0 Å². The number of nitrogens with zero attached hydrogens (tertiary/aromatic N) is 2. The predicted molar refractivity (Wildman–Crippen MR) is 129 cm³/mol. The first-order chi connectivity index (χ1) is 14.7. The Kier molecular flexibility index (Phi) is 6.32. The highest BCUT2D eigenvalue weighted by Gasteiger charge is 2.44. The van der Waals surface area contributed by atoms with Crippen LogP contribution in [0, 0.1) is 0 Å². The molecule has 2 atom stereocenters. The first kappa shape index (κ1) is 22.2. The molecule has 0 aromatic heterocycles. The van der Waals surface area contributed by atoms with Gasteiger partial charge in [-0.1, -0.05) is 55.4 Å². The summed E-state index contributed by atoms with van der Waals surface area (Å²) >= 11 is 7.46. The molecule has 2 heterocycles. The number of fused-ring (bicyclic) bond motifs is 1. The third-order valence-corrected chi connectivity index (χ3v) is 8.80. The molecule has 1 N–H and O–H groups in total. The Balaban J connectivity index is 1.58. The number of benzene rings is 2. The third-order valence-electron chi connectivity index (χ3n) is 5.32. The molecule has 0 spiro atoms. The van der Waals surface area contributed by atoms with Crippen LogP contribution < -0.4 is 10.2 Å². The predicted octanol–water partition coefficient (Wildman–Crippen LogP) is 4.18. The number of carbonyl (C=O) groups is 1. The molecule has 1 amide bonds. The average Bonchev–Trinajstić information content (AvgIpc) is 3.19. The lowest BCUT2D eigenvalue weighted by Gasteiger charge is -2.24. The Morgan fingerprint density at radius 3 is 2.61 bits per heavy atom. The fourth-order valence-electron chi connectivity index (χ4n) is 3.69. The number of anilines is 2. The molecule has 31 heavy (non-hydrogen) atoms. The topological polar surface area (TPSA) is 78.8 Å². The zero-order valence-electron chi connectivity index (χ0n) is 17.3. The standard InChI is InChI=1S/C22H24ClN3O3S2/c1-14(2)15-6-8-18(9-7-15)26(11-21(27)24-17-5-3-4-16(23)10-17)22-25-19-12-31(28,29)13-20(19)30-22/h3-10,14,19-20H,11-13H2,1-2H3,(H,24,27)/t19-,20+/m1/s1. The lowest BCUT2D eigenvalue weighted by atomic mass is 10.0. The van der Waals surface area contributed by atoms with E-state index < -0.39 is 9.84 Å². The zero-order chi connectivity index (χ0) is 22.2. The van der Waals surface area contributed by atoms with E-state index in [2.05, 4.69) is 24.2 Å². The van der Waals surface area contributed by atoms with Crippen LogP contribution >= 0.6 is 23.4 Å². The molecular weight excluding hydrogens is 454 g/mol. The molecule has 1 fully saturated rings. The summed E-state index contributed by atoms with van der Waals surface area (Å²) in [5.41, 5.74) is 2.67. The van der Waals surface area contributed by atoms with Crippen molar-refractivity contribution in [2.24, 2.45) is 4.99 Å². The third kappa shape index (κ3) is 5.25. The van der Waals surface area contributed by atoms with Crippen molar-refractivity contribution in [3.05, 3.63) is 59.1 Å². The summed E-state index contributed by atoms with van der Waals surface area (Å²) < 4.78 is 23.9. The number of rotatable bonds is 5. The summed E-state index contributed by atoms with van der Waals surface area (Å²) in [5.74, 6) is 0.396. The van der Waals surface area contributed by atoms with E-state index >= 15 is 0 Å². The van der Waals surface area contributed by atoms with E-state index in [0.29, 0.717) is 21.8 Å². The molecule has 0 unspecified atom stereocenters. The van der Waals surface area contributed by atoms with E-state index in [4.69, 9.17) is 11.6 Å². The first-order valence-electron chi connectivity index (χ1n) is 10.1. The number of carbonyl (C=O) groups excluding carboxylic acids is 1. The maximum Gasteiger partial charge on any atom is 0.244 e. The van der Waals surface area contributed by atoms with Gasteiger partial charge in [-0.15, -0.1) is 0 Å². The molecule has 4 rings (SSSR count). The second-order valence-electron chi connectivity index (χ2n) is 8.10. The lowest BCUT2D eigenvalue weighted by molar-refractivity contribution is -0.114. The number of nitrogens with one attached hydrogen (secondary N) is 1. The van der Waals surface area contributed by atoms with Crippen LogP contribution in [-0.4, -0.2) is 48.8 Å². The highest BCUT2D eigenvalue weighted by Crippen LogP contribution is 2.37. The largest absolute Gasteiger partial charge is 0.324 e. The normalized spacial score (nSPS) is 21.6. The molecule has 2 aliphatic heterocycles. The lowest BCUT2D eigenvalue weighted by Crippen LogP contribution is -2.36. The van der Waals surface area contributed by atoms with Crippen LogP contribution in [0.25, 0.3) is 0 Å². The molecule has 0 saturated carbocycles. The fourth-order valence-corrected chi connectivity index (χ4v) is 7.66. The van der Waals surface area contributed by atoms with E-state index in [1.54, 1.807) is 24.3 Å². The van der Waals surface area contributed by atoms with Crippen LogP contribution in [0.2, 0.25) is 5.02 Å². The van der Waals surface area contributed by atoms with Gasteiger partial charge in [0.2, 0.25) is 5.91 Å². The Morgan fingerprint density at radius 2 is 1.97 bits per heavy atom. The molecule has 0 aliphatic carbocycles. The quantitative estimate of drug-likeness (QED) is 0.699. The van der Waals surface area contributed by atoms with Crippen molar-refractivity contribution in [3.8, 4) is 0 Å². The van der Waals surface area contributed by atoms with Crippen molar-refractivity contribution in [1.29, 1.82) is 0 Å². The Morgan fingerprint density at radius 1 is 1.23 bits per heavy atom. The molecule has 9 heteroatoms. The summed E-state index contributed by atoms with van der Waals surface area (Å²) in [6.45, 7) is 4.32. The number of sulfone groups is 1. The van der Waals surface area contributed by atoms with Crippen LogP contribution in [-0.2, 0) is 14.6 Å². The highest BCUT2D eigenvalue weighted by atomic mass is 35.5. The Bertz CT molecular complexity index is 1120. The number of hydrogen-bond donors (Lipinski definition) is 1. The van der Waals surface area contributed by atoms with Crippen LogP contribution in [0.1, 0.15) is 25.3 Å². The number of amides is 1. The number of aliphatic imine (C=N–C) groups is 1. The fraction of sp³-hybridized carbons (Fsp3) is 0.364. The van der Waals surface area contributed by atoms with Gasteiger partial charge in [0.05, 0.1) is 17.5 Å². The number of amidine groups is 1. The van der Waals surface area contributed by atoms with Gasteiger partial charge in [0, 0.05) is 21.6 Å². The number of halogens is 1.